The molecule has 0 aromatic heterocycles. The van der Waals surface area contributed by atoms with Crippen molar-refractivity contribution < 1.29 is 38.6 Å². The summed E-state index contributed by atoms with van der Waals surface area (Å²) in [5, 5.41) is 20.1. The first kappa shape index (κ1) is 24.2. The fraction of sp³-hybridized carbons (Fsp3) is 0.440. The largest absolute Gasteiger partial charge is 0.493 e. The highest BCUT2D eigenvalue weighted by atomic mass is 16.8. The van der Waals surface area contributed by atoms with Gasteiger partial charge in [-0.2, -0.15) is 0 Å². The lowest BCUT2D eigenvalue weighted by molar-refractivity contribution is -0.176. The van der Waals surface area contributed by atoms with Gasteiger partial charge in [-0.3, -0.25) is 0 Å². The number of methoxy groups -OCH3 is 3. The predicted molar refractivity (Wildman–Crippen MR) is 125 cm³/mol. The molecule has 2 aliphatic heterocycles. The maximum Gasteiger partial charge on any atom is 0.203 e. The van der Waals surface area contributed by atoms with Crippen molar-refractivity contribution in [3.63, 3.8) is 0 Å². The van der Waals surface area contributed by atoms with Crippen LogP contribution in [0.1, 0.15) is 25.0 Å². The van der Waals surface area contributed by atoms with E-state index in [1.54, 1.807) is 34.1 Å². The number of aliphatic hydroxyl groups excluding tert-OH is 2. The Morgan fingerprint density at radius 1 is 1.03 bits per heavy atom. The van der Waals surface area contributed by atoms with Gasteiger partial charge in [0.25, 0.3) is 0 Å². The third kappa shape index (κ3) is 4.27. The minimum Gasteiger partial charge on any atom is -0.493 e. The van der Waals surface area contributed by atoms with Crippen LogP contribution in [0.2, 0.25) is 0 Å². The molecule has 0 bridgehead atoms. The van der Waals surface area contributed by atoms with Crippen molar-refractivity contribution in [2.75, 3.05) is 33.7 Å². The average Bonchev–Trinajstić information content (AvgIpc) is 3.31. The van der Waals surface area contributed by atoms with Crippen molar-refractivity contribution in [2.24, 2.45) is 0 Å². The zero-order valence-corrected chi connectivity index (χ0v) is 19.9. The summed E-state index contributed by atoms with van der Waals surface area (Å²) in [4.78, 5) is 0. The monoisotopic (exact) mass is 473 g/mol. The molecule has 0 spiro atoms. The molecule has 4 atom stereocenters. The molecule has 34 heavy (non-hydrogen) atoms. The number of nitrogens with two attached hydrogens (primary N) is 1. The lowest BCUT2D eigenvalue weighted by atomic mass is 9.93. The van der Waals surface area contributed by atoms with E-state index in [1.807, 2.05) is 30.3 Å². The second-order valence-corrected chi connectivity index (χ2v) is 8.63. The van der Waals surface area contributed by atoms with Crippen molar-refractivity contribution in [3.8, 4) is 17.2 Å². The van der Waals surface area contributed by atoms with Crippen molar-refractivity contribution >= 4 is 11.3 Å². The number of benzene rings is 2. The van der Waals surface area contributed by atoms with Crippen LogP contribution in [-0.2, 0) is 14.2 Å². The van der Waals surface area contributed by atoms with E-state index >= 15 is 0 Å². The van der Waals surface area contributed by atoms with Crippen LogP contribution in [0, 0.1) is 0 Å². The standard InChI is InChI=1S/C25H31NO8/c1-25(2)33-23-20(16(28)12-27)32-22(24(23)34-25)19(13-7-6-8-15(26)9-13)14-10-17(29-3)21(31-5)18(11-14)30-4/h6-11,16,20,23-24,27-28H,12,26H2,1-5H3/b22-19-/t16-,20+,23-,24+/m1/s1. The van der Waals surface area contributed by atoms with Gasteiger partial charge in [-0.05, 0) is 49.2 Å². The van der Waals surface area contributed by atoms with Gasteiger partial charge in [-0.1, -0.05) is 12.1 Å². The van der Waals surface area contributed by atoms with Gasteiger partial charge in [-0.15, -0.1) is 0 Å². The lowest BCUT2D eigenvalue weighted by Crippen LogP contribution is -2.40. The van der Waals surface area contributed by atoms with Crippen LogP contribution in [0.5, 0.6) is 17.2 Å². The molecule has 0 amide bonds. The molecule has 2 saturated heterocycles. The molecule has 0 radical (unpaired) electrons. The first-order valence-corrected chi connectivity index (χ1v) is 10.9. The molecule has 184 valence electrons. The number of rotatable bonds is 7. The Morgan fingerprint density at radius 2 is 1.71 bits per heavy atom. The molecule has 2 aliphatic rings. The third-order valence-corrected chi connectivity index (χ3v) is 5.92. The molecule has 0 saturated carbocycles. The Hall–Kier alpha value is -2.98. The van der Waals surface area contributed by atoms with E-state index < -0.39 is 36.8 Å². The number of hydrogen-bond donors (Lipinski definition) is 3. The minimum absolute atomic E-state index is 0.450. The Kier molecular flexibility index (Phi) is 6.64. The maximum absolute atomic E-state index is 10.5. The summed E-state index contributed by atoms with van der Waals surface area (Å²) >= 11 is 0. The summed E-state index contributed by atoms with van der Waals surface area (Å²) in [6.45, 7) is 3.11. The zero-order chi connectivity index (χ0) is 24.6. The van der Waals surface area contributed by atoms with E-state index in [-0.39, 0.29) is 0 Å². The molecule has 9 nitrogen and oxygen atoms in total. The highest BCUT2D eigenvalue weighted by molar-refractivity contribution is 5.85. The van der Waals surface area contributed by atoms with Gasteiger partial charge in [0.15, 0.2) is 23.4 Å². The van der Waals surface area contributed by atoms with E-state index in [2.05, 4.69) is 0 Å². The second kappa shape index (κ2) is 9.34. The van der Waals surface area contributed by atoms with Crippen LogP contribution in [0.25, 0.3) is 5.57 Å². The summed E-state index contributed by atoms with van der Waals surface area (Å²) < 4.78 is 35.1. The van der Waals surface area contributed by atoms with Gasteiger partial charge < -0.3 is 44.4 Å². The highest BCUT2D eigenvalue weighted by Gasteiger charge is 2.56. The summed E-state index contributed by atoms with van der Waals surface area (Å²) in [6, 6.07) is 11.0. The first-order valence-electron chi connectivity index (χ1n) is 10.9. The first-order chi connectivity index (χ1) is 16.2. The van der Waals surface area contributed by atoms with E-state index in [9.17, 15) is 10.2 Å². The molecule has 2 aromatic carbocycles. The van der Waals surface area contributed by atoms with Crippen molar-refractivity contribution in [2.45, 2.75) is 44.1 Å². The highest BCUT2D eigenvalue weighted by Crippen LogP contribution is 2.48. The van der Waals surface area contributed by atoms with Crippen LogP contribution < -0.4 is 19.9 Å². The zero-order valence-electron chi connectivity index (χ0n) is 19.9. The summed E-state index contributed by atoms with van der Waals surface area (Å²) in [6.07, 6.45) is -3.24. The fourth-order valence-corrected chi connectivity index (χ4v) is 4.49. The SMILES string of the molecule is COc1cc(/C(=C2\O[C@@H]([C@H](O)CO)[C@H]3OC(C)(C)O[C@@H]23)c2cccc(N)c2)cc(OC)c1OC. The molecule has 2 aromatic rings. The number of fused-ring (bicyclic) bond motifs is 1. The molecule has 2 fully saturated rings. The molecule has 0 unspecified atom stereocenters. The topological polar surface area (TPSA) is 122 Å². The van der Waals surface area contributed by atoms with E-state index in [4.69, 9.17) is 34.2 Å². The average molecular weight is 474 g/mol. The Bertz CT molecular complexity index is 1060. The van der Waals surface area contributed by atoms with Crippen molar-refractivity contribution in [1.82, 2.24) is 0 Å². The Balaban J connectivity index is 1.98. The molecular weight excluding hydrogens is 442 g/mol. The number of anilines is 1. The lowest BCUT2D eigenvalue weighted by Gasteiger charge is -2.25. The van der Waals surface area contributed by atoms with Gasteiger partial charge in [0, 0.05) is 11.3 Å². The number of aliphatic hydroxyl groups is 2. The second-order valence-electron chi connectivity index (χ2n) is 8.63. The number of ether oxygens (including phenoxy) is 6. The van der Waals surface area contributed by atoms with Crippen molar-refractivity contribution in [1.29, 1.82) is 0 Å². The summed E-state index contributed by atoms with van der Waals surface area (Å²) in [5.74, 6) is 0.918. The molecule has 0 aliphatic carbocycles. The van der Waals surface area contributed by atoms with Crippen LogP contribution in [0.15, 0.2) is 42.2 Å². The number of nitrogen functional groups attached to an aromatic ring is 1. The van der Waals surface area contributed by atoms with E-state index in [0.29, 0.717) is 39.8 Å². The van der Waals surface area contributed by atoms with Gasteiger partial charge in [0.05, 0.1) is 27.9 Å². The van der Waals surface area contributed by atoms with Crippen LogP contribution in [0.3, 0.4) is 0 Å². The van der Waals surface area contributed by atoms with Gasteiger partial charge in [0.1, 0.15) is 24.1 Å². The molecular formula is C25H31NO8. The molecule has 4 N–H and O–H groups in total. The van der Waals surface area contributed by atoms with Gasteiger partial charge in [0.2, 0.25) is 5.75 Å². The smallest absolute Gasteiger partial charge is 0.203 e. The van der Waals surface area contributed by atoms with Gasteiger partial charge >= 0.3 is 0 Å². The maximum atomic E-state index is 10.5. The van der Waals surface area contributed by atoms with Crippen LogP contribution in [-0.4, -0.2) is 68.4 Å². The van der Waals surface area contributed by atoms with Crippen LogP contribution in [0.4, 0.5) is 5.69 Å². The Morgan fingerprint density at radius 3 is 2.26 bits per heavy atom. The predicted octanol–water partition coefficient (Wildman–Crippen LogP) is 2.33. The Labute approximate surface area is 198 Å². The summed E-state index contributed by atoms with van der Waals surface area (Å²) in [7, 11) is 4.62. The summed E-state index contributed by atoms with van der Waals surface area (Å²) in [5.41, 5.74) is 8.80. The van der Waals surface area contributed by atoms with Crippen molar-refractivity contribution in [3.05, 3.63) is 53.3 Å². The minimum atomic E-state index is -1.16. The normalized spacial score (nSPS) is 25.3. The third-order valence-electron chi connectivity index (χ3n) is 5.92. The van der Waals surface area contributed by atoms with Gasteiger partial charge in [-0.25, -0.2) is 0 Å². The van der Waals surface area contributed by atoms with E-state index in [1.165, 1.54) is 7.11 Å². The van der Waals surface area contributed by atoms with Crippen LogP contribution >= 0.6 is 0 Å². The quantitative estimate of drug-likeness (QED) is 0.520. The molecule has 2 heterocycles. The fourth-order valence-electron chi connectivity index (χ4n) is 4.49. The number of hydrogen-bond acceptors (Lipinski definition) is 9. The van der Waals surface area contributed by atoms with E-state index in [0.717, 1.165) is 5.56 Å². The molecule has 4 rings (SSSR count). The molecule has 9 heteroatoms.